The molecule has 0 aliphatic carbocycles. The molecule has 0 unspecified atom stereocenters. The maximum absolute atomic E-state index is 13.1. The maximum Gasteiger partial charge on any atom is 0.137 e. The average Bonchev–Trinajstić information content (AvgIpc) is 2.40. The third kappa shape index (κ3) is 3.61. The van der Waals surface area contributed by atoms with Crippen LogP contribution >= 0.6 is 27.5 Å². The van der Waals surface area contributed by atoms with Gasteiger partial charge >= 0.3 is 0 Å². The number of methoxy groups -OCH3 is 1. The van der Waals surface area contributed by atoms with Crippen molar-refractivity contribution in [1.82, 2.24) is 0 Å². The summed E-state index contributed by atoms with van der Waals surface area (Å²) in [6.07, 6.45) is 0. The van der Waals surface area contributed by atoms with E-state index in [9.17, 15) is 4.39 Å². The third-order valence-electron chi connectivity index (χ3n) is 2.63. The molecule has 100 valence electrons. The van der Waals surface area contributed by atoms with Crippen molar-refractivity contribution in [1.29, 1.82) is 0 Å². The summed E-state index contributed by atoms with van der Waals surface area (Å²) in [5, 5.41) is 3.70. The third-order valence-corrected chi connectivity index (χ3v) is 3.61. The lowest BCUT2D eigenvalue weighted by molar-refractivity contribution is 0.415. The fraction of sp³-hybridized carbons (Fsp3) is 0.143. The number of nitrogens with one attached hydrogen (secondary N) is 1. The molecule has 0 saturated carbocycles. The highest BCUT2D eigenvalue weighted by Gasteiger charge is 2.04. The van der Waals surface area contributed by atoms with Crippen LogP contribution < -0.4 is 10.1 Å². The topological polar surface area (TPSA) is 21.3 Å². The Morgan fingerprint density at radius 2 is 2.05 bits per heavy atom. The van der Waals surface area contributed by atoms with E-state index in [0.29, 0.717) is 23.0 Å². The largest absolute Gasteiger partial charge is 0.495 e. The van der Waals surface area contributed by atoms with Crippen molar-refractivity contribution in [3.8, 4) is 5.75 Å². The van der Waals surface area contributed by atoms with Gasteiger partial charge in [0, 0.05) is 11.0 Å². The number of hydrogen-bond acceptors (Lipinski definition) is 2. The zero-order valence-electron chi connectivity index (χ0n) is 10.2. The first kappa shape index (κ1) is 14.2. The van der Waals surface area contributed by atoms with Gasteiger partial charge in [-0.1, -0.05) is 17.7 Å². The van der Waals surface area contributed by atoms with E-state index in [1.54, 1.807) is 19.2 Å². The van der Waals surface area contributed by atoms with E-state index in [1.807, 2.05) is 12.1 Å². The highest BCUT2D eigenvalue weighted by Crippen LogP contribution is 2.27. The van der Waals surface area contributed by atoms with Crippen molar-refractivity contribution in [2.24, 2.45) is 0 Å². The minimum atomic E-state index is -0.279. The van der Waals surface area contributed by atoms with Crippen LogP contribution in [-0.2, 0) is 6.54 Å². The van der Waals surface area contributed by atoms with Gasteiger partial charge in [0.05, 0.1) is 17.8 Å². The molecule has 1 N–H and O–H groups in total. The highest BCUT2D eigenvalue weighted by atomic mass is 79.9. The van der Waals surface area contributed by atoms with Gasteiger partial charge in [0.25, 0.3) is 0 Å². The molecule has 5 heteroatoms. The predicted octanol–water partition coefficient (Wildman–Crippen LogP) is 4.86. The minimum Gasteiger partial charge on any atom is -0.495 e. The molecule has 2 rings (SSSR count). The second kappa shape index (κ2) is 6.26. The molecule has 0 aliphatic rings. The van der Waals surface area contributed by atoms with Gasteiger partial charge in [-0.3, -0.25) is 0 Å². The van der Waals surface area contributed by atoms with Gasteiger partial charge in [-0.2, -0.15) is 0 Å². The summed E-state index contributed by atoms with van der Waals surface area (Å²) in [7, 11) is 1.57. The van der Waals surface area contributed by atoms with Crippen molar-refractivity contribution in [3.63, 3.8) is 0 Å². The molecule has 0 aromatic heterocycles. The second-order valence-electron chi connectivity index (χ2n) is 3.95. The maximum atomic E-state index is 13.1. The molecular formula is C14H12BrClFNO. The van der Waals surface area contributed by atoms with Crippen LogP contribution in [0.5, 0.6) is 5.75 Å². The van der Waals surface area contributed by atoms with Crippen LogP contribution in [0, 0.1) is 5.82 Å². The van der Waals surface area contributed by atoms with E-state index in [4.69, 9.17) is 16.3 Å². The smallest absolute Gasteiger partial charge is 0.137 e. The monoisotopic (exact) mass is 343 g/mol. The van der Waals surface area contributed by atoms with Gasteiger partial charge in [0.15, 0.2) is 0 Å². The molecule has 19 heavy (non-hydrogen) atoms. The summed E-state index contributed by atoms with van der Waals surface area (Å²) in [4.78, 5) is 0. The highest BCUT2D eigenvalue weighted by molar-refractivity contribution is 9.10. The molecule has 0 radical (unpaired) electrons. The second-order valence-corrected chi connectivity index (χ2v) is 5.21. The number of halogens is 3. The summed E-state index contributed by atoms with van der Waals surface area (Å²) in [5.74, 6) is 0.357. The van der Waals surface area contributed by atoms with Crippen LogP contribution in [-0.4, -0.2) is 7.11 Å². The first-order valence-electron chi connectivity index (χ1n) is 5.61. The van der Waals surface area contributed by atoms with Crippen molar-refractivity contribution in [2.45, 2.75) is 6.54 Å². The summed E-state index contributed by atoms with van der Waals surface area (Å²) in [5.41, 5.74) is 1.69. The Bertz CT molecular complexity index is 592. The predicted molar refractivity (Wildman–Crippen MR) is 79.4 cm³/mol. The summed E-state index contributed by atoms with van der Waals surface area (Å²) < 4.78 is 19.0. The minimum absolute atomic E-state index is 0.279. The number of ether oxygens (including phenoxy) is 1. The van der Waals surface area contributed by atoms with E-state index in [-0.39, 0.29) is 5.82 Å². The molecular weight excluding hydrogens is 333 g/mol. The van der Waals surface area contributed by atoms with Crippen LogP contribution in [0.25, 0.3) is 0 Å². The Labute approximate surface area is 124 Å². The van der Waals surface area contributed by atoms with Gasteiger partial charge in [-0.25, -0.2) is 4.39 Å². The lowest BCUT2D eigenvalue weighted by Gasteiger charge is -2.10. The summed E-state index contributed by atoms with van der Waals surface area (Å²) in [6.45, 7) is 0.547. The lowest BCUT2D eigenvalue weighted by Crippen LogP contribution is -2.00. The van der Waals surface area contributed by atoms with E-state index in [2.05, 4.69) is 21.2 Å². The molecule has 0 heterocycles. The quantitative estimate of drug-likeness (QED) is 0.855. The molecule has 0 amide bonds. The van der Waals surface area contributed by atoms with Crippen LogP contribution in [0.4, 0.5) is 10.1 Å². The number of rotatable bonds is 4. The van der Waals surface area contributed by atoms with Crippen molar-refractivity contribution in [2.75, 3.05) is 12.4 Å². The van der Waals surface area contributed by atoms with Gasteiger partial charge in [0.2, 0.25) is 0 Å². The Morgan fingerprint density at radius 1 is 1.26 bits per heavy atom. The van der Waals surface area contributed by atoms with Crippen LogP contribution in [0.1, 0.15) is 5.56 Å². The lowest BCUT2D eigenvalue weighted by atomic mass is 10.2. The normalized spacial score (nSPS) is 10.3. The standard InChI is InChI=1S/C14H12BrClFNO/c1-19-14-5-2-9(6-12(14)16)8-18-13-7-10(17)3-4-11(13)15/h2-7,18H,8H2,1H3. The van der Waals surface area contributed by atoms with E-state index in [1.165, 1.54) is 12.1 Å². The number of anilines is 1. The first-order valence-corrected chi connectivity index (χ1v) is 6.78. The van der Waals surface area contributed by atoms with Crippen molar-refractivity contribution >= 4 is 33.2 Å². The Morgan fingerprint density at radius 3 is 2.74 bits per heavy atom. The molecule has 2 aromatic rings. The van der Waals surface area contributed by atoms with Crippen LogP contribution in [0.3, 0.4) is 0 Å². The molecule has 2 nitrogen and oxygen atoms in total. The molecule has 0 atom stereocenters. The number of hydrogen-bond donors (Lipinski definition) is 1. The van der Waals surface area contributed by atoms with Gasteiger partial charge < -0.3 is 10.1 Å². The molecule has 0 bridgehead atoms. The Kier molecular flexibility index (Phi) is 4.66. The fourth-order valence-corrected chi connectivity index (χ4v) is 2.32. The Balaban J connectivity index is 2.10. The zero-order chi connectivity index (χ0) is 13.8. The van der Waals surface area contributed by atoms with E-state index >= 15 is 0 Å². The summed E-state index contributed by atoms with van der Waals surface area (Å²) in [6, 6.07) is 10.0. The molecule has 2 aromatic carbocycles. The number of benzene rings is 2. The van der Waals surface area contributed by atoms with Gasteiger partial charge in [-0.15, -0.1) is 0 Å². The van der Waals surface area contributed by atoms with Gasteiger partial charge in [-0.05, 0) is 51.8 Å². The van der Waals surface area contributed by atoms with Crippen LogP contribution in [0.15, 0.2) is 40.9 Å². The molecule has 0 spiro atoms. The Hall–Kier alpha value is -1.26. The van der Waals surface area contributed by atoms with Crippen molar-refractivity contribution < 1.29 is 9.13 Å². The zero-order valence-corrected chi connectivity index (χ0v) is 12.6. The average molecular weight is 345 g/mol. The fourth-order valence-electron chi connectivity index (χ4n) is 1.65. The first-order chi connectivity index (χ1) is 9.10. The molecule has 0 fully saturated rings. The summed E-state index contributed by atoms with van der Waals surface area (Å²) >= 11 is 9.41. The van der Waals surface area contributed by atoms with Crippen LogP contribution in [0.2, 0.25) is 5.02 Å². The SMILES string of the molecule is COc1ccc(CNc2cc(F)ccc2Br)cc1Cl. The van der Waals surface area contributed by atoms with E-state index < -0.39 is 0 Å². The van der Waals surface area contributed by atoms with Gasteiger partial charge in [0.1, 0.15) is 11.6 Å². The molecule has 0 saturated heterocycles. The van der Waals surface area contributed by atoms with Crippen molar-refractivity contribution in [3.05, 3.63) is 57.3 Å². The van der Waals surface area contributed by atoms with E-state index in [0.717, 1.165) is 10.0 Å². The molecule has 0 aliphatic heterocycles.